The quantitative estimate of drug-likeness (QED) is 0.703. The van der Waals surface area contributed by atoms with Gasteiger partial charge in [0.2, 0.25) is 5.88 Å². The first-order valence-corrected chi connectivity index (χ1v) is 9.59. The highest BCUT2D eigenvalue weighted by Gasteiger charge is 2.36. The molecule has 0 spiro atoms. The number of ether oxygens (including phenoxy) is 3. The normalized spacial score (nSPS) is 16.7. The average Bonchev–Trinajstić information content (AvgIpc) is 2.62. The van der Waals surface area contributed by atoms with Crippen LogP contribution in [0.15, 0.2) is 41.0 Å². The minimum atomic E-state index is -0.665. The van der Waals surface area contributed by atoms with Crippen molar-refractivity contribution in [2.24, 2.45) is 5.73 Å². The predicted octanol–water partition coefficient (Wildman–Crippen LogP) is 3.18. The maximum atomic E-state index is 12.7. The number of nitriles is 1. The first-order chi connectivity index (χ1) is 13.7. The van der Waals surface area contributed by atoms with Crippen molar-refractivity contribution in [3.63, 3.8) is 0 Å². The summed E-state index contributed by atoms with van der Waals surface area (Å²) < 4.78 is 16.6. The van der Waals surface area contributed by atoms with E-state index in [0.29, 0.717) is 12.3 Å². The van der Waals surface area contributed by atoms with Gasteiger partial charge in [0.05, 0.1) is 24.2 Å². The van der Waals surface area contributed by atoms with E-state index in [2.05, 4.69) is 6.07 Å². The molecular formula is C22H29N3O4. The van der Waals surface area contributed by atoms with E-state index in [-0.39, 0.29) is 29.7 Å². The van der Waals surface area contributed by atoms with Gasteiger partial charge in [-0.3, -0.25) is 0 Å². The number of benzene rings is 1. The highest BCUT2D eigenvalue weighted by molar-refractivity contribution is 5.92. The van der Waals surface area contributed by atoms with Crippen molar-refractivity contribution in [1.82, 2.24) is 4.90 Å². The van der Waals surface area contributed by atoms with Crippen LogP contribution in [0.3, 0.4) is 0 Å². The Hall–Kier alpha value is -2.98. The maximum absolute atomic E-state index is 12.7. The van der Waals surface area contributed by atoms with E-state index in [0.717, 1.165) is 16.9 Å². The van der Waals surface area contributed by atoms with Crippen LogP contribution in [0.2, 0.25) is 0 Å². The summed E-state index contributed by atoms with van der Waals surface area (Å²) in [6.45, 7) is 8.17. The van der Waals surface area contributed by atoms with Gasteiger partial charge in [-0.05, 0) is 59.5 Å². The van der Waals surface area contributed by atoms with Gasteiger partial charge in [0.15, 0.2) is 0 Å². The molecule has 1 aliphatic rings. The molecule has 0 bridgehead atoms. The molecule has 0 aliphatic carbocycles. The lowest BCUT2D eigenvalue weighted by Gasteiger charge is -2.28. The van der Waals surface area contributed by atoms with Crippen molar-refractivity contribution in [1.29, 1.82) is 5.26 Å². The smallest absolute Gasteiger partial charge is 0.338 e. The van der Waals surface area contributed by atoms with Crippen LogP contribution in [0.5, 0.6) is 5.75 Å². The molecule has 0 fully saturated rings. The number of carbonyl (C=O) groups excluding carboxylic acids is 1. The Morgan fingerprint density at radius 3 is 2.62 bits per heavy atom. The van der Waals surface area contributed by atoms with Crippen molar-refractivity contribution in [2.75, 3.05) is 20.7 Å². The van der Waals surface area contributed by atoms with E-state index in [1.807, 2.05) is 51.0 Å². The Morgan fingerprint density at radius 1 is 1.38 bits per heavy atom. The van der Waals surface area contributed by atoms with Crippen LogP contribution in [-0.2, 0) is 20.8 Å². The van der Waals surface area contributed by atoms with E-state index in [9.17, 15) is 10.1 Å². The lowest BCUT2D eigenvalue weighted by atomic mass is 9.82. The van der Waals surface area contributed by atoms with Crippen LogP contribution in [0.1, 0.15) is 44.7 Å². The van der Waals surface area contributed by atoms with Crippen LogP contribution in [0, 0.1) is 11.3 Å². The number of nitrogens with zero attached hydrogens (tertiary/aromatic N) is 2. The predicted molar refractivity (Wildman–Crippen MR) is 110 cm³/mol. The number of hydrogen-bond acceptors (Lipinski definition) is 7. The lowest BCUT2D eigenvalue weighted by Crippen LogP contribution is -2.25. The summed E-state index contributed by atoms with van der Waals surface area (Å²) in [5, 5.41) is 9.72. The molecule has 0 saturated heterocycles. The molecule has 0 aromatic heterocycles. The Labute approximate surface area is 172 Å². The molecular weight excluding hydrogens is 370 g/mol. The van der Waals surface area contributed by atoms with Crippen LogP contribution in [0.4, 0.5) is 0 Å². The molecule has 1 aromatic rings. The number of allylic oxidation sites excluding steroid dienone is 2. The summed E-state index contributed by atoms with van der Waals surface area (Å²) in [6.07, 6.45) is 0.0206. The molecule has 156 valence electrons. The van der Waals surface area contributed by atoms with E-state index < -0.39 is 11.9 Å². The second-order valence-electron chi connectivity index (χ2n) is 7.39. The van der Waals surface area contributed by atoms with Gasteiger partial charge in [-0.15, -0.1) is 0 Å². The van der Waals surface area contributed by atoms with Gasteiger partial charge in [-0.25, -0.2) is 4.79 Å². The summed E-state index contributed by atoms with van der Waals surface area (Å²) in [4.78, 5) is 14.7. The number of esters is 1. The molecule has 7 heteroatoms. The largest absolute Gasteiger partial charge is 0.491 e. The maximum Gasteiger partial charge on any atom is 0.338 e. The Bertz CT molecular complexity index is 879. The van der Waals surface area contributed by atoms with Crippen LogP contribution in [0.25, 0.3) is 0 Å². The molecule has 7 nitrogen and oxygen atoms in total. The second-order valence-corrected chi connectivity index (χ2v) is 7.39. The zero-order valence-electron chi connectivity index (χ0n) is 17.9. The first kappa shape index (κ1) is 22.3. The van der Waals surface area contributed by atoms with Crippen LogP contribution >= 0.6 is 0 Å². The fourth-order valence-electron chi connectivity index (χ4n) is 3.30. The summed E-state index contributed by atoms with van der Waals surface area (Å²) in [5.41, 5.74) is 8.15. The average molecular weight is 399 g/mol. The minimum absolute atomic E-state index is 0.000264. The van der Waals surface area contributed by atoms with E-state index >= 15 is 0 Å². The third-order valence-corrected chi connectivity index (χ3v) is 4.37. The SMILES string of the molecule is CCOC(=O)C1=C(C)OC(N)=C(C#N)C1c1ccc(OC(C)C)c(CN(C)C)c1. The van der Waals surface area contributed by atoms with Crippen molar-refractivity contribution >= 4 is 5.97 Å². The lowest BCUT2D eigenvalue weighted by molar-refractivity contribution is -0.139. The van der Waals surface area contributed by atoms with Crippen LogP contribution < -0.4 is 10.5 Å². The van der Waals surface area contributed by atoms with Gasteiger partial charge in [0, 0.05) is 12.1 Å². The molecule has 1 atom stereocenters. The molecule has 2 N–H and O–H groups in total. The zero-order chi connectivity index (χ0) is 21.7. The molecule has 1 aliphatic heterocycles. The Balaban J connectivity index is 2.64. The zero-order valence-corrected chi connectivity index (χ0v) is 17.9. The number of carbonyl (C=O) groups is 1. The topological polar surface area (TPSA) is 97.8 Å². The van der Waals surface area contributed by atoms with Gasteiger partial charge < -0.3 is 24.8 Å². The molecule has 1 unspecified atom stereocenters. The van der Waals surface area contributed by atoms with Gasteiger partial charge in [-0.2, -0.15) is 5.26 Å². The monoisotopic (exact) mass is 399 g/mol. The molecule has 29 heavy (non-hydrogen) atoms. The minimum Gasteiger partial charge on any atom is -0.491 e. The van der Waals surface area contributed by atoms with Gasteiger partial charge in [0.25, 0.3) is 0 Å². The Kier molecular flexibility index (Phi) is 7.29. The number of hydrogen-bond donors (Lipinski definition) is 1. The first-order valence-electron chi connectivity index (χ1n) is 9.59. The van der Waals surface area contributed by atoms with Gasteiger partial charge in [0.1, 0.15) is 23.2 Å². The van der Waals surface area contributed by atoms with Crippen molar-refractivity contribution < 1.29 is 19.0 Å². The molecule has 0 amide bonds. The molecule has 2 rings (SSSR count). The van der Waals surface area contributed by atoms with Gasteiger partial charge >= 0.3 is 5.97 Å². The van der Waals surface area contributed by atoms with E-state index in [4.69, 9.17) is 19.9 Å². The Morgan fingerprint density at radius 2 is 2.07 bits per heavy atom. The highest BCUT2D eigenvalue weighted by atomic mass is 16.5. The van der Waals surface area contributed by atoms with E-state index in [1.54, 1.807) is 13.8 Å². The molecule has 1 aromatic carbocycles. The molecule has 0 radical (unpaired) electrons. The number of nitrogens with two attached hydrogens (primary N) is 1. The van der Waals surface area contributed by atoms with E-state index in [1.165, 1.54) is 0 Å². The van der Waals surface area contributed by atoms with Crippen molar-refractivity contribution in [2.45, 2.75) is 46.3 Å². The van der Waals surface area contributed by atoms with Crippen molar-refractivity contribution in [3.05, 3.63) is 52.1 Å². The standard InChI is InChI=1S/C22H29N3O4/c1-7-27-22(26)19-14(4)29-21(24)17(11-23)20(19)15-8-9-18(28-13(2)3)16(10-15)12-25(5)6/h8-10,13,20H,7,12,24H2,1-6H3. The molecule has 1 heterocycles. The summed E-state index contributed by atoms with van der Waals surface area (Å²) in [5.74, 6) is -0.0894. The molecule has 0 saturated carbocycles. The fraction of sp³-hybridized carbons (Fsp3) is 0.455. The fourth-order valence-corrected chi connectivity index (χ4v) is 3.30. The van der Waals surface area contributed by atoms with Gasteiger partial charge in [-0.1, -0.05) is 6.07 Å². The summed E-state index contributed by atoms with van der Waals surface area (Å²) in [6, 6.07) is 7.77. The van der Waals surface area contributed by atoms with Crippen molar-refractivity contribution in [3.8, 4) is 11.8 Å². The van der Waals surface area contributed by atoms with Crippen LogP contribution in [-0.4, -0.2) is 37.7 Å². The summed E-state index contributed by atoms with van der Waals surface area (Å²) >= 11 is 0. The third kappa shape index (κ3) is 5.09. The third-order valence-electron chi connectivity index (χ3n) is 4.37. The number of rotatable bonds is 7. The summed E-state index contributed by atoms with van der Waals surface area (Å²) in [7, 11) is 3.93. The highest BCUT2D eigenvalue weighted by Crippen LogP contribution is 2.41. The second kappa shape index (κ2) is 9.48.